The van der Waals surface area contributed by atoms with Gasteiger partial charge in [0, 0.05) is 37.9 Å². The molecule has 0 aliphatic rings. The van der Waals surface area contributed by atoms with Crippen LogP contribution in [0.4, 0.5) is 0 Å². The molecular formula is C11H22Cl2N2O. The number of hydrogen-bond donors (Lipinski definition) is 0. The van der Waals surface area contributed by atoms with Crippen LogP contribution in [0.25, 0.3) is 0 Å². The molecule has 0 heterocycles. The molecule has 1 atom stereocenters. The third kappa shape index (κ3) is 4.89. The topological polar surface area (TPSA) is 23.6 Å². The smallest absolute Gasteiger partial charge is 0.239 e. The van der Waals surface area contributed by atoms with Crippen molar-refractivity contribution in [2.45, 2.75) is 26.8 Å². The number of hydrogen-bond acceptors (Lipinski definition) is 2. The molecule has 0 aromatic heterocycles. The largest absolute Gasteiger partial charge is 0.342 e. The SMILES string of the molecule is CCN(CC)C(=O)C(C)N(CCCl)CCCl. The van der Waals surface area contributed by atoms with E-state index in [-0.39, 0.29) is 11.9 Å². The monoisotopic (exact) mass is 268 g/mol. The molecule has 0 aromatic carbocycles. The predicted octanol–water partition coefficient (Wildman–Crippen LogP) is 2.02. The zero-order valence-corrected chi connectivity index (χ0v) is 11.9. The summed E-state index contributed by atoms with van der Waals surface area (Å²) in [5, 5.41) is 0. The van der Waals surface area contributed by atoms with Gasteiger partial charge in [-0.1, -0.05) is 0 Å². The molecule has 0 aliphatic heterocycles. The fraction of sp³-hybridized carbons (Fsp3) is 0.909. The van der Waals surface area contributed by atoms with E-state index in [2.05, 4.69) is 0 Å². The Morgan fingerprint density at radius 1 is 1.12 bits per heavy atom. The zero-order chi connectivity index (χ0) is 12.6. The first-order valence-corrected chi connectivity index (χ1v) is 6.83. The van der Waals surface area contributed by atoms with Gasteiger partial charge in [-0.2, -0.15) is 0 Å². The molecule has 0 aliphatic carbocycles. The Morgan fingerprint density at radius 3 is 1.88 bits per heavy atom. The van der Waals surface area contributed by atoms with Crippen LogP contribution in [0.5, 0.6) is 0 Å². The third-order valence-electron chi connectivity index (χ3n) is 2.72. The molecule has 0 aromatic rings. The van der Waals surface area contributed by atoms with Crippen LogP contribution in [-0.2, 0) is 4.79 Å². The molecule has 1 unspecified atom stereocenters. The standard InChI is InChI=1S/C11H22Cl2N2O/c1-4-14(5-2)11(16)10(3)15(8-6-12)9-7-13/h10H,4-9H2,1-3H3. The van der Waals surface area contributed by atoms with Gasteiger partial charge in [0.05, 0.1) is 6.04 Å². The molecule has 0 bridgehead atoms. The lowest BCUT2D eigenvalue weighted by molar-refractivity contribution is -0.135. The maximum Gasteiger partial charge on any atom is 0.239 e. The average Bonchev–Trinajstić information content (AvgIpc) is 2.29. The average molecular weight is 269 g/mol. The predicted molar refractivity (Wildman–Crippen MR) is 70.4 cm³/mol. The molecule has 0 saturated carbocycles. The van der Waals surface area contributed by atoms with Gasteiger partial charge in [0.2, 0.25) is 5.91 Å². The number of rotatable bonds is 8. The van der Waals surface area contributed by atoms with Crippen LogP contribution >= 0.6 is 23.2 Å². The normalized spacial score (nSPS) is 12.9. The van der Waals surface area contributed by atoms with Crippen molar-refractivity contribution in [1.82, 2.24) is 9.80 Å². The quantitative estimate of drug-likeness (QED) is 0.629. The molecule has 0 spiro atoms. The minimum atomic E-state index is -0.141. The van der Waals surface area contributed by atoms with E-state index in [0.29, 0.717) is 24.8 Å². The minimum Gasteiger partial charge on any atom is -0.342 e. The second-order valence-corrected chi connectivity index (χ2v) is 4.36. The number of likely N-dealkylation sites (N-methyl/N-ethyl adjacent to an activating group) is 1. The van der Waals surface area contributed by atoms with Crippen LogP contribution < -0.4 is 0 Å². The molecule has 0 fully saturated rings. The molecule has 16 heavy (non-hydrogen) atoms. The van der Waals surface area contributed by atoms with Crippen molar-refractivity contribution >= 4 is 29.1 Å². The van der Waals surface area contributed by atoms with E-state index in [1.807, 2.05) is 30.6 Å². The lowest BCUT2D eigenvalue weighted by Crippen LogP contribution is -2.48. The number of nitrogens with zero attached hydrogens (tertiary/aromatic N) is 2. The van der Waals surface area contributed by atoms with E-state index in [4.69, 9.17) is 23.2 Å². The minimum absolute atomic E-state index is 0.141. The maximum atomic E-state index is 12.1. The second-order valence-electron chi connectivity index (χ2n) is 3.60. The summed E-state index contributed by atoms with van der Waals surface area (Å²) in [6.45, 7) is 8.78. The van der Waals surface area contributed by atoms with Crippen molar-refractivity contribution < 1.29 is 4.79 Å². The maximum absolute atomic E-state index is 12.1. The van der Waals surface area contributed by atoms with E-state index >= 15 is 0 Å². The van der Waals surface area contributed by atoms with Gasteiger partial charge in [0.1, 0.15) is 0 Å². The van der Waals surface area contributed by atoms with Gasteiger partial charge < -0.3 is 4.90 Å². The van der Waals surface area contributed by atoms with Crippen molar-refractivity contribution in [2.24, 2.45) is 0 Å². The molecule has 0 rings (SSSR count). The third-order valence-corrected chi connectivity index (χ3v) is 3.06. The molecule has 96 valence electrons. The summed E-state index contributed by atoms with van der Waals surface area (Å²) >= 11 is 11.4. The van der Waals surface area contributed by atoms with Crippen LogP contribution in [0.2, 0.25) is 0 Å². The van der Waals surface area contributed by atoms with Crippen molar-refractivity contribution in [3.8, 4) is 0 Å². The van der Waals surface area contributed by atoms with Crippen LogP contribution in [0, 0.1) is 0 Å². The number of amides is 1. The number of carbonyl (C=O) groups excluding carboxylic acids is 1. The first kappa shape index (κ1) is 16.0. The highest BCUT2D eigenvalue weighted by Crippen LogP contribution is 2.05. The first-order chi connectivity index (χ1) is 7.62. The van der Waals surface area contributed by atoms with E-state index in [1.54, 1.807) is 0 Å². The van der Waals surface area contributed by atoms with Gasteiger partial charge >= 0.3 is 0 Å². The van der Waals surface area contributed by atoms with Crippen LogP contribution in [-0.4, -0.2) is 59.7 Å². The van der Waals surface area contributed by atoms with E-state index in [0.717, 1.165) is 13.1 Å². The Balaban J connectivity index is 4.45. The Morgan fingerprint density at radius 2 is 1.56 bits per heavy atom. The molecule has 5 heteroatoms. The first-order valence-electron chi connectivity index (χ1n) is 5.77. The number of carbonyl (C=O) groups is 1. The summed E-state index contributed by atoms with van der Waals surface area (Å²) in [5.74, 6) is 1.19. The van der Waals surface area contributed by atoms with Crippen molar-refractivity contribution in [3.05, 3.63) is 0 Å². The molecule has 0 N–H and O–H groups in total. The Hall–Kier alpha value is 0.01000. The van der Waals surface area contributed by atoms with Gasteiger partial charge in [-0.25, -0.2) is 0 Å². The number of alkyl halides is 2. The molecule has 0 saturated heterocycles. The number of halogens is 2. The van der Waals surface area contributed by atoms with Crippen LogP contribution in [0.3, 0.4) is 0 Å². The summed E-state index contributed by atoms with van der Waals surface area (Å²) in [6.07, 6.45) is 0. The van der Waals surface area contributed by atoms with E-state index in [1.165, 1.54) is 0 Å². The zero-order valence-electron chi connectivity index (χ0n) is 10.4. The highest BCUT2D eigenvalue weighted by Gasteiger charge is 2.23. The molecule has 0 radical (unpaired) electrons. The van der Waals surface area contributed by atoms with Gasteiger partial charge in [-0.15, -0.1) is 23.2 Å². The Labute approximate surface area is 109 Å². The highest BCUT2D eigenvalue weighted by molar-refractivity contribution is 6.18. The molecule has 3 nitrogen and oxygen atoms in total. The summed E-state index contributed by atoms with van der Waals surface area (Å²) in [5.41, 5.74) is 0. The highest BCUT2D eigenvalue weighted by atomic mass is 35.5. The van der Waals surface area contributed by atoms with Gasteiger partial charge in [0.15, 0.2) is 0 Å². The van der Waals surface area contributed by atoms with Crippen LogP contribution in [0.1, 0.15) is 20.8 Å². The van der Waals surface area contributed by atoms with E-state index in [9.17, 15) is 4.79 Å². The second kappa shape index (κ2) is 9.08. The molecular weight excluding hydrogens is 247 g/mol. The fourth-order valence-corrected chi connectivity index (χ4v) is 2.11. The van der Waals surface area contributed by atoms with Crippen molar-refractivity contribution in [2.75, 3.05) is 37.9 Å². The lowest BCUT2D eigenvalue weighted by Gasteiger charge is -2.31. The summed E-state index contributed by atoms with van der Waals surface area (Å²) in [4.78, 5) is 16.0. The summed E-state index contributed by atoms with van der Waals surface area (Å²) in [7, 11) is 0. The van der Waals surface area contributed by atoms with Gasteiger partial charge in [-0.05, 0) is 20.8 Å². The van der Waals surface area contributed by atoms with E-state index < -0.39 is 0 Å². The van der Waals surface area contributed by atoms with Gasteiger partial charge in [-0.3, -0.25) is 9.69 Å². The summed E-state index contributed by atoms with van der Waals surface area (Å²) < 4.78 is 0. The fourth-order valence-electron chi connectivity index (χ4n) is 1.67. The summed E-state index contributed by atoms with van der Waals surface area (Å²) in [6, 6.07) is -0.141. The van der Waals surface area contributed by atoms with Crippen molar-refractivity contribution in [3.63, 3.8) is 0 Å². The van der Waals surface area contributed by atoms with Crippen molar-refractivity contribution in [1.29, 1.82) is 0 Å². The Bertz CT molecular complexity index is 192. The van der Waals surface area contributed by atoms with Crippen LogP contribution in [0.15, 0.2) is 0 Å². The van der Waals surface area contributed by atoms with Gasteiger partial charge in [0.25, 0.3) is 0 Å². The lowest BCUT2D eigenvalue weighted by atomic mass is 10.2. The molecule has 1 amide bonds. The Kier molecular flexibility index (Phi) is 9.09.